The van der Waals surface area contributed by atoms with Crippen molar-refractivity contribution in [2.75, 3.05) is 0 Å². The van der Waals surface area contributed by atoms with Crippen LogP contribution in [0, 0.1) is 5.92 Å². The van der Waals surface area contributed by atoms with E-state index >= 15 is 0 Å². The molecular weight excluding hydrogens is 238 g/mol. The van der Waals surface area contributed by atoms with Crippen molar-refractivity contribution >= 4 is 11.6 Å². The fourth-order valence-corrected chi connectivity index (χ4v) is 2.84. The van der Waals surface area contributed by atoms with Gasteiger partial charge in [-0.05, 0) is 38.3 Å². The lowest BCUT2D eigenvalue weighted by molar-refractivity contribution is -0.120. The number of Topliss-reactive ketones (excluding diaryl/α,β-unsaturated/α-hetero) is 2. The van der Waals surface area contributed by atoms with Crippen LogP contribution in [0.1, 0.15) is 35.9 Å². The second kappa shape index (κ2) is 4.65. The number of carbonyl (C=O) groups is 2. The molecule has 1 atom stereocenters. The van der Waals surface area contributed by atoms with Gasteiger partial charge in [0, 0.05) is 23.7 Å². The van der Waals surface area contributed by atoms with Gasteiger partial charge in [-0.15, -0.1) is 0 Å². The largest absolute Gasteiger partial charge is 0.341 e. The van der Waals surface area contributed by atoms with Crippen molar-refractivity contribution in [2.24, 2.45) is 5.92 Å². The summed E-state index contributed by atoms with van der Waals surface area (Å²) < 4.78 is 2.01. The minimum Gasteiger partial charge on any atom is -0.341 e. The van der Waals surface area contributed by atoms with Gasteiger partial charge in [-0.3, -0.25) is 9.59 Å². The van der Waals surface area contributed by atoms with Gasteiger partial charge in [0.2, 0.25) is 5.78 Å². The highest BCUT2D eigenvalue weighted by Gasteiger charge is 2.28. The molecule has 2 heterocycles. The van der Waals surface area contributed by atoms with E-state index in [-0.39, 0.29) is 17.5 Å². The molecule has 19 heavy (non-hydrogen) atoms. The van der Waals surface area contributed by atoms with Gasteiger partial charge in [0.1, 0.15) is 5.78 Å². The summed E-state index contributed by atoms with van der Waals surface area (Å²) in [5, 5.41) is 0. The standard InChI is InChI=1S/C16H17NO2/c1-11(18)13-9-14-7-8-15(17(14)10-13)16(19)12-5-3-2-4-6-12/h3,5-8,13H,2,4,9-10H2,1H3. The second-order valence-electron chi connectivity index (χ2n) is 5.30. The molecular formula is C16H17NO2. The summed E-state index contributed by atoms with van der Waals surface area (Å²) >= 11 is 0. The monoisotopic (exact) mass is 255 g/mol. The van der Waals surface area contributed by atoms with Crippen molar-refractivity contribution in [3.63, 3.8) is 0 Å². The second-order valence-corrected chi connectivity index (χ2v) is 5.30. The summed E-state index contributed by atoms with van der Waals surface area (Å²) in [7, 11) is 0. The lowest BCUT2D eigenvalue weighted by Crippen LogP contribution is -2.15. The van der Waals surface area contributed by atoms with Crippen LogP contribution in [-0.2, 0) is 17.8 Å². The van der Waals surface area contributed by atoms with Crippen molar-refractivity contribution in [3.05, 3.63) is 47.3 Å². The molecule has 0 N–H and O–H groups in total. The molecule has 0 bridgehead atoms. The minimum absolute atomic E-state index is 0.0404. The van der Waals surface area contributed by atoms with Crippen molar-refractivity contribution < 1.29 is 9.59 Å². The SMILES string of the molecule is CC(=O)C1Cc2ccc(C(=O)C3=CCCC=C3)n2C1. The first kappa shape index (κ1) is 12.2. The number of allylic oxidation sites excluding steroid dienone is 4. The third-order valence-electron chi connectivity index (χ3n) is 3.99. The van der Waals surface area contributed by atoms with E-state index in [9.17, 15) is 9.59 Å². The number of rotatable bonds is 3. The van der Waals surface area contributed by atoms with Crippen LogP contribution >= 0.6 is 0 Å². The molecule has 0 fully saturated rings. The van der Waals surface area contributed by atoms with Crippen LogP contribution in [0.25, 0.3) is 0 Å². The maximum Gasteiger partial charge on any atom is 0.209 e. The summed E-state index contributed by atoms with van der Waals surface area (Å²) in [6.07, 6.45) is 8.65. The van der Waals surface area contributed by atoms with Crippen LogP contribution in [0.4, 0.5) is 0 Å². The fraction of sp³-hybridized carbons (Fsp3) is 0.375. The average Bonchev–Trinajstić information content (AvgIpc) is 2.98. The first-order valence-electron chi connectivity index (χ1n) is 6.77. The molecule has 1 aromatic rings. The molecule has 2 aliphatic rings. The van der Waals surface area contributed by atoms with E-state index < -0.39 is 0 Å². The Hall–Kier alpha value is -1.90. The van der Waals surface area contributed by atoms with Crippen molar-refractivity contribution in [2.45, 2.75) is 32.7 Å². The topological polar surface area (TPSA) is 39.1 Å². The lowest BCUT2D eigenvalue weighted by atomic mass is 10.0. The van der Waals surface area contributed by atoms with Gasteiger partial charge in [0.05, 0.1) is 5.69 Å². The molecule has 3 heteroatoms. The van der Waals surface area contributed by atoms with E-state index in [1.807, 2.05) is 34.9 Å². The molecule has 0 radical (unpaired) electrons. The number of ketones is 2. The summed E-state index contributed by atoms with van der Waals surface area (Å²) in [5.74, 6) is 0.323. The number of fused-ring (bicyclic) bond motifs is 1. The summed E-state index contributed by atoms with van der Waals surface area (Å²) in [6.45, 7) is 2.28. The van der Waals surface area contributed by atoms with Crippen molar-refractivity contribution in [1.82, 2.24) is 4.57 Å². The highest BCUT2D eigenvalue weighted by molar-refractivity contribution is 6.09. The maximum absolute atomic E-state index is 12.5. The third kappa shape index (κ3) is 2.09. The van der Waals surface area contributed by atoms with Gasteiger partial charge in [-0.25, -0.2) is 0 Å². The average molecular weight is 255 g/mol. The Morgan fingerprint density at radius 1 is 1.26 bits per heavy atom. The molecule has 0 amide bonds. The zero-order chi connectivity index (χ0) is 13.4. The van der Waals surface area contributed by atoms with Crippen molar-refractivity contribution in [3.8, 4) is 0 Å². The number of hydrogen-bond donors (Lipinski definition) is 0. The Morgan fingerprint density at radius 3 is 2.79 bits per heavy atom. The van der Waals surface area contributed by atoms with Crippen LogP contribution in [0.2, 0.25) is 0 Å². The number of aromatic nitrogens is 1. The van der Waals surface area contributed by atoms with Crippen LogP contribution in [-0.4, -0.2) is 16.1 Å². The minimum atomic E-state index is 0.0404. The van der Waals surface area contributed by atoms with Crippen LogP contribution in [0.3, 0.4) is 0 Å². The summed E-state index contributed by atoms with van der Waals surface area (Å²) in [6, 6.07) is 3.86. The molecule has 1 aromatic heterocycles. The normalized spacial score (nSPS) is 21.1. The molecule has 3 nitrogen and oxygen atoms in total. The van der Waals surface area contributed by atoms with Crippen LogP contribution in [0.5, 0.6) is 0 Å². The molecule has 98 valence electrons. The number of carbonyl (C=O) groups excluding carboxylic acids is 2. The van der Waals surface area contributed by atoms with E-state index in [4.69, 9.17) is 0 Å². The molecule has 0 spiro atoms. The van der Waals surface area contributed by atoms with E-state index in [0.717, 1.165) is 36.2 Å². The molecule has 1 unspecified atom stereocenters. The van der Waals surface area contributed by atoms with Gasteiger partial charge < -0.3 is 4.57 Å². The van der Waals surface area contributed by atoms with Crippen molar-refractivity contribution in [1.29, 1.82) is 0 Å². The first-order valence-corrected chi connectivity index (χ1v) is 6.77. The first-order chi connectivity index (χ1) is 9.16. The Balaban J connectivity index is 1.89. The highest BCUT2D eigenvalue weighted by Crippen LogP contribution is 2.26. The van der Waals surface area contributed by atoms with Gasteiger partial charge in [0.25, 0.3) is 0 Å². The number of hydrogen-bond acceptors (Lipinski definition) is 2. The van der Waals surface area contributed by atoms with Gasteiger partial charge in [-0.2, -0.15) is 0 Å². The third-order valence-corrected chi connectivity index (χ3v) is 3.99. The smallest absolute Gasteiger partial charge is 0.209 e. The zero-order valence-corrected chi connectivity index (χ0v) is 11.1. The van der Waals surface area contributed by atoms with E-state index in [1.165, 1.54) is 0 Å². The molecule has 1 aliphatic carbocycles. The van der Waals surface area contributed by atoms with Crippen LogP contribution < -0.4 is 0 Å². The Bertz CT molecular complexity index is 604. The fourth-order valence-electron chi connectivity index (χ4n) is 2.84. The molecule has 0 saturated carbocycles. The van der Waals surface area contributed by atoms with Crippen LogP contribution in [0.15, 0.2) is 35.9 Å². The summed E-state index contributed by atoms with van der Waals surface area (Å²) in [4.78, 5) is 23.9. The van der Waals surface area contributed by atoms with E-state index in [0.29, 0.717) is 6.54 Å². The zero-order valence-electron chi connectivity index (χ0n) is 11.1. The molecule has 1 aliphatic heterocycles. The van der Waals surface area contributed by atoms with Gasteiger partial charge in [-0.1, -0.05) is 18.2 Å². The highest BCUT2D eigenvalue weighted by atomic mass is 16.1. The Kier molecular flexibility index (Phi) is 2.97. The lowest BCUT2D eigenvalue weighted by Gasteiger charge is -2.09. The number of nitrogens with zero attached hydrogens (tertiary/aromatic N) is 1. The van der Waals surface area contributed by atoms with E-state index in [1.54, 1.807) is 6.92 Å². The molecule has 0 saturated heterocycles. The Morgan fingerprint density at radius 2 is 2.11 bits per heavy atom. The van der Waals surface area contributed by atoms with E-state index in [2.05, 4.69) is 0 Å². The quantitative estimate of drug-likeness (QED) is 0.779. The van der Waals surface area contributed by atoms with Gasteiger partial charge >= 0.3 is 0 Å². The summed E-state index contributed by atoms with van der Waals surface area (Å²) in [5.41, 5.74) is 2.60. The molecule has 3 rings (SSSR count). The Labute approximate surface area is 112 Å². The molecule has 0 aromatic carbocycles. The van der Waals surface area contributed by atoms with Gasteiger partial charge in [0.15, 0.2) is 0 Å². The predicted molar refractivity (Wildman–Crippen MR) is 73.1 cm³/mol. The predicted octanol–water partition coefficient (Wildman–Crippen LogP) is 2.71. The maximum atomic E-state index is 12.5.